The summed E-state index contributed by atoms with van der Waals surface area (Å²) in [4.78, 5) is 28.8. The molecule has 5 rings (SSSR count). The molecule has 0 radical (unpaired) electrons. The van der Waals surface area contributed by atoms with E-state index in [1.165, 1.54) is 6.07 Å². The van der Waals surface area contributed by atoms with Crippen molar-refractivity contribution in [2.75, 3.05) is 13.7 Å². The minimum atomic E-state index is -0.858. The number of ether oxygens (including phenoxy) is 1. The van der Waals surface area contributed by atoms with Gasteiger partial charge in [0.15, 0.2) is 5.43 Å². The number of halogens is 1. The quantitative estimate of drug-likeness (QED) is 0.406. The zero-order valence-electron chi connectivity index (χ0n) is 19.2. The summed E-state index contributed by atoms with van der Waals surface area (Å²) in [5.41, 5.74) is 3.27. The topological polar surface area (TPSA) is 59.8 Å². The molecule has 34 heavy (non-hydrogen) atoms. The third kappa shape index (κ3) is 3.55. The van der Waals surface area contributed by atoms with Gasteiger partial charge in [-0.1, -0.05) is 36.4 Å². The highest BCUT2D eigenvalue weighted by Gasteiger charge is 2.43. The highest BCUT2D eigenvalue weighted by Crippen LogP contribution is 2.39. The molecule has 1 aliphatic heterocycles. The van der Waals surface area contributed by atoms with Gasteiger partial charge in [-0.2, -0.15) is 0 Å². The van der Waals surface area contributed by atoms with E-state index >= 15 is 0 Å². The Morgan fingerprint density at radius 2 is 1.76 bits per heavy atom. The van der Waals surface area contributed by atoms with Crippen LogP contribution in [-0.2, 0) is 6.42 Å². The first kappa shape index (κ1) is 21.9. The molecule has 1 atom stereocenters. The number of carbonyl (C=O) groups excluding carboxylic acids is 1. The summed E-state index contributed by atoms with van der Waals surface area (Å²) in [5, 5.41) is 0.405. The van der Waals surface area contributed by atoms with Crippen molar-refractivity contribution < 1.29 is 18.3 Å². The first-order valence-corrected chi connectivity index (χ1v) is 11.2. The molecule has 0 saturated carbocycles. The maximum Gasteiger partial charge on any atom is 0.290 e. The fourth-order valence-corrected chi connectivity index (χ4v) is 4.77. The lowest BCUT2D eigenvalue weighted by atomic mass is 9.97. The van der Waals surface area contributed by atoms with Crippen LogP contribution in [0.3, 0.4) is 0 Å². The molecule has 4 aromatic rings. The number of nitrogens with zero attached hydrogens (tertiary/aromatic N) is 1. The van der Waals surface area contributed by atoms with Gasteiger partial charge in [0.05, 0.1) is 24.1 Å². The Labute approximate surface area is 196 Å². The molecule has 0 unspecified atom stereocenters. The number of rotatable bonds is 5. The van der Waals surface area contributed by atoms with Crippen molar-refractivity contribution in [1.82, 2.24) is 4.90 Å². The highest BCUT2D eigenvalue weighted by atomic mass is 19.1. The number of benzene rings is 3. The van der Waals surface area contributed by atoms with Crippen molar-refractivity contribution in [2.45, 2.75) is 26.3 Å². The van der Waals surface area contributed by atoms with Crippen molar-refractivity contribution >= 4 is 16.9 Å². The number of carbonyl (C=O) groups is 1. The van der Waals surface area contributed by atoms with Crippen molar-refractivity contribution in [3.05, 3.63) is 110 Å². The number of amides is 1. The molecule has 1 aliphatic rings. The van der Waals surface area contributed by atoms with Gasteiger partial charge >= 0.3 is 0 Å². The summed E-state index contributed by atoms with van der Waals surface area (Å²) in [6, 6.07) is 16.6. The van der Waals surface area contributed by atoms with Gasteiger partial charge in [0.2, 0.25) is 5.76 Å². The van der Waals surface area contributed by atoms with E-state index in [1.807, 2.05) is 44.2 Å². The zero-order valence-corrected chi connectivity index (χ0v) is 19.2. The minimum absolute atomic E-state index is 0.00700. The predicted octanol–water partition coefficient (Wildman–Crippen LogP) is 5.35. The van der Waals surface area contributed by atoms with Crippen LogP contribution in [-0.4, -0.2) is 24.5 Å². The Kier molecular flexibility index (Phi) is 5.44. The first-order valence-electron chi connectivity index (χ1n) is 11.2. The van der Waals surface area contributed by atoms with Crippen LogP contribution in [0.1, 0.15) is 44.4 Å². The summed E-state index contributed by atoms with van der Waals surface area (Å²) >= 11 is 0. The van der Waals surface area contributed by atoms with Crippen LogP contribution in [0.15, 0.2) is 69.9 Å². The van der Waals surface area contributed by atoms with Crippen molar-refractivity contribution in [2.24, 2.45) is 0 Å². The largest absolute Gasteiger partial charge is 0.497 e. The average molecular weight is 458 g/mol. The Hall–Kier alpha value is -3.93. The molecule has 0 N–H and O–H groups in total. The van der Waals surface area contributed by atoms with Crippen molar-refractivity contribution in [1.29, 1.82) is 0 Å². The predicted molar refractivity (Wildman–Crippen MR) is 128 cm³/mol. The summed E-state index contributed by atoms with van der Waals surface area (Å²) in [7, 11) is 1.60. The van der Waals surface area contributed by atoms with Crippen molar-refractivity contribution in [3.8, 4) is 5.75 Å². The van der Waals surface area contributed by atoms with Gasteiger partial charge in [0.25, 0.3) is 5.91 Å². The molecule has 6 heteroatoms. The second kappa shape index (κ2) is 8.45. The van der Waals surface area contributed by atoms with E-state index in [0.717, 1.165) is 22.4 Å². The summed E-state index contributed by atoms with van der Waals surface area (Å²) in [6.45, 7) is 4.04. The standard InChI is InChI=1S/C28H24FNO4/c1-16-14-17(2)26-21(15-16)25(31)23-24(20-6-4-5-7-22(20)29)30(28(32)27(23)34-26)13-12-18-8-10-19(33-3)11-9-18/h4-11,14-15,24H,12-13H2,1-3H3/t24-/m0/s1. The average Bonchev–Trinajstić information content (AvgIpc) is 3.11. The van der Waals surface area contributed by atoms with Crippen LogP contribution in [0.5, 0.6) is 5.75 Å². The maximum absolute atomic E-state index is 15.0. The number of hydrogen-bond acceptors (Lipinski definition) is 4. The molecule has 0 fully saturated rings. The van der Waals surface area contributed by atoms with E-state index < -0.39 is 17.8 Å². The normalized spacial score (nSPS) is 15.1. The van der Waals surface area contributed by atoms with E-state index in [4.69, 9.17) is 9.15 Å². The molecule has 1 amide bonds. The zero-order chi connectivity index (χ0) is 24.0. The lowest BCUT2D eigenvalue weighted by molar-refractivity contribution is 0.0728. The van der Waals surface area contributed by atoms with Crippen LogP contribution in [0.4, 0.5) is 4.39 Å². The molecule has 172 valence electrons. The summed E-state index contributed by atoms with van der Waals surface area (Å²) < 4.78 is 26.2. The molecule has 1 aromatic heterocycles. The number of methoxy groups -OCH3 is 1. The van der Waals surface area contributed by atoms with Crippen LogP contribution in [0.25, 0.3) is 11.0 Å². The molecule has 2 heterocycles. The molecule has 0 saturated heterocycles. The van der Waals surface area contributed by atoms with E-state index in [0.29, 0.717) is 23.9 Å². The number of fused-ring (bicyclic) bond motifs is 2. The van der Waals surface area contributed by atoms with E-state index in [9.17, 15) is 14.0 Å². The second-order valence-corrected chi connectivity index (χ2v) is 8.65. The first-order chi connectivity index (χ1) is 16.4. The fourth-order valence-electron chi connectivity index (χ4n) is 4.77. The van der Waals surface area contributed by atoms with Crippen LogP contribution in [0.2, 0.25) is 0 Å². The highest BCUT2D eigenvalue weighted by molar-refractivity contribution is 5.99. The van der Waals surface area contributed by atoms with Crippen LogP contribution < -0.4 is 10.2 Å². The Morgan fingerprint density at radius 1 is 1.03 bits per heavy atom. The SMILES string of the molecule is COc1ccc(CCN2C(=O)c3oc4c(C)cc(C)cc4c(=O)c3[C@@H]2c2ccccc2F)cc1. The maximum atomic E-state index is 15.0. The number of aryl methyl sites for hydroxylation is 2. The van der Waals surface area contributed by atoms with Crippen molar-refractivity contribution in [3.63, 3.8) is 0 Å². The van der Waals surface area contributed by atoms with E-state index in [1.54, 1.807) is 36.3 Å². The monoisotopic (exact) mass is 457 g/mol. The molecule has 0 aliphatic carbocycles. The molecule has 3 aromatic carbocycles. The molecule has 0 spiro atoms. The van der Waals surface area contributed by atoms with Gasteiger partial charge < -0.3 is 14.1 Å². The van der Waals surface area contributed by atoms with Gasteiger partial charge in [-0.25, -0.2) is 4.39 Å². The van der Waals surface area contributed by atoms with Gasteiger partial charge in [-0.15, -0.1) is 0 Å². The van der Waals surface area contributed by atoms with Gasteiger partial charge in [-0.05, 0) is 61.2 Å². The summed E-state index contributed by atoms with van der Waals surface area (Å²) in [5.74, 6) is -0.143. The van der Waals surface area contributed by atoms with E-state index in [2.05, 4.69) is 0 Å². The fraction of sp³-hybridized carbons (Fsp3) is 0.214. The van der Waals surface area contributed by atoms with Crippen LogP contribution in [0, 0.1) is 19.7 Å². The molecule has 0 bridgehead atoms. The van der Waals surface area contributed by atoms with Gasteiger partial charge in [0, 0.05) is 12.1 Å². The Morgan fingerprint density at radius 3 is 2.47 bits per heavy atom. The smallest absolute Gasteiger partial charge is 0.290 e. The Bertz CT molecular complexity index is 1470. The lowest BCUT2D eigenvalue weighted by Crippen LogP contribution is -2.32. The lowest BCUT2D eigenvalue weighted by Gasteiger charge is -2.25. The molecule has 5 nitrogen and oxygen atoms in total. The van der Waals surface area contributed by atoms with Crippen LogP contribution >= 0.6 is 0 Å². The molecular formula is C28H24FNO4. The Balaban J connectivity index is 1.64. The van der Waals surface area contributed by atoms with E-state index in [-0.39, 0.29) is 22.3 Å². The minimum Gasteiger partial charge on any atom is -0.497 e. The van der Waals surface area contributed by atoms with Gasteiger partial charge in [0.1, 0.15) is 17.1 Å². The third-order valence-electron chi connectivity index (χ3n) is 6.40. The van der Waals surface area contributed by atoms with Gasteiger partial charge in [-0.3, -0.25) is 9.59 Å². The second-order valence-electron chi connectivity index (χ2n) is 8.65. The summed E-state index contributed by atoms with van der Waals surface area (Å²) in [6.07, 6.45) is 0.528. The third-order valence-corrected chi connectivity index (χ3v) is 6.40. The number of hydrogen-bond donors (Lipinski definition) is 0. The molecular weight excluding hydrogens is 433 g/mol.